The van der Waals surface area contributed by atoms with Crippen LogP contribution in [0.2, 0.25) is 0 Å². The van der Waals surface area contributed by atoms with Crippen molar-refractivity contribution in [3.8, 4) is 11.5 Å². The molecule has 0 aliphatic heterocycles. The minimum Gasteiger partial charge on any atom is -0.496 e. The minimum atomic E-state index is -2.69. The fourth-order valence-electron chi connectivity index (χ4n) is 2.18. The summed E-state index contributed by atoms with van der Waals surface area (Å²) in [6.07, 6.45) is 0. The van der Waals surface area contributed by atoms with Crippen molar-refractivity contribution >= 4 is 36.4 Å². The Morgan fingerprint density at radius 2 is 0.952 bits per heavy atom. The van der Waals surface area contributed by atoms with E-state index in [1.54, 1.807) is 0 Å². The first-order valence-electron chi connectivity index (χ1n) is 6.68. The van der Waals surface area contributed by atoms with Crippen molar-refractivity contribution in [3.63, 3.8) is 0 Å². The van der Waals surface area contributed by atoms with Gasteiger partial charge >= 0.3 is 5.80 Å². The molecule has 0 aliphatic rings. The Bertz CT molecular complexity index is 561. The third-order valence-electron chi connectivity index (χ3n) is 3.26. The molecule has 5 heteroatoms. The number of rotatable bonds is 4. The zero-order chi connectivity index (χ0) is 15.6. The van der Waals surface area contributed by atoms with E-state index in [-0.39, 0.29) is 0 Å². The Labute approximate surface area is 142 Å². The van der Waals surface area contributed by atoms with Gasteiger partial charge in [0.25, 0.3) is 0 Å². The number of aryl methyl sites for hydroxylation is 4. The molecule has 0 fully saturated rings. The second-order valence-electron chi connectivity index (χ2n) is 5.11. The average Bonchev–Trinajstić information content (AvgIpc) is 2.39. The van der Waals surface area contributed by atoms with Crippen LogP contribution in [-0.2, 0) is 0 Å². The predicted molar refractivity (Wildman–Crippen MR) is 96.7 cm³/mol. The van der Waals surface area contributed by atoms with E-state index in [1.807, 2.05) is 64.1 Å². The highest BCUT2D eigenvalue weighted by Crippen LogP contribution is 2.34. The molecule has 0 atom stereocenters. The third kappa shape index (κ3) is 4.11. The molecule has 0 heterocycles. The molecule has 0 unspecified atom stereocenters. The van der Waals surface area contributed by atoms with E-state index >= 15 is 0 Å². The first-order valence-corrected chi connectivity index (χ1v) is 13.0. The Hall–Kier alpha value is -0.783. The summed E-state index contributed by atoms with van der Waals surface area (Å²) in [5, 5.41) is 0. The normalized spacial score (nSPS) is 11.3. The van der Waals surface area contributed by atoms with Crippen molar-refractivity contribution in [2.45, 2.75) is 27.7 Å². The van der Waals surface area contributed by atoms with Crippen molar-refractivity contribution in [1.29, 1.82) is 0 Å². The van der Waals surface area contributed by atoms with Crippen LogP contribution in [0.5, 0.6) is 11.5 Å². The maximum atomic E-state index is 6.13. The summed E-state index contributed by atoms with van der Waals surface area (Å²) in [5.74, 6) is -0.956. The quantitative estimate of drug-likeness (QED) is 0.464. The fourth-order valence-corrected chi connectivity index (χ4v) is 5.28. The molecular formula is C16H18Br2O2Si. The van der Waals surface area contributed by atoms with Crippen molar-refractivity contribution in [1.82, 2.24) is 0 Å². The third-order valence-corrected chi connectivity index (χ3v) is 6.09. The summed E-state index contributed by atoms with van der Waals surface area (Å²) in [4.78, 5) is 0. The van der Waals surface area contributed by atoms with E-state index in [9.17, 15) is 0 Å². The second kappa shape index (κ2) is 6.54. The van der Waals surface area contributed by atoms with Gasteiger partial charge in [0.15, 0.2) is 0 Å². The van der Waals surface area contributed by atoms with E-state index in [4.69, 9.17) is 8.85 Å². The highest BCUT2D eigenvalue weighted by atomic mass is 79.9. The van der Waals surface area contributed by atoms with Crippen LogP contribution in [0, 0.1) is 27.7 Å². The molecule has 0 aliphatic carbocycles. The summed E-state index contributed by atoms with van der Waals surface area (Å²) in [6.45, 7) is 8.13. The van der Waals surface area contributed by atoms with Gasteiger partial charge in [0.2, 0.25) is 0 Å². The molecule has 0 saturated heterocycles. The van der Waals surface area contributed by atoms with Gasteiger partial charge in [-0.3, -0.25) is 0 Å². The Kier molecular flexibility index (Phi) is 5.17. The van der Waals surface area contributed by atoms with Crippen molar-refractivity contribution in [2.75, 3.05) is 0 Å². The van der Waals surface area contributed by atoms with Gasteiger partial charge in [-0.1, -0.05) is 36.4 Å². The molecule has 0 amide bonds. The summed E-state index contributed by atoms with van der Waals surface area (Å²) in [6, 6.07) is 12.2. The van der Waals surface area contributed by atoms with Crippen LogP contribution in [0.15, 0.2) is 36.4 Å². The maximum absolute atomic E-state index is 6.13. The van der Waals surface area contributed by atoms with Crippen LogP contribution in [0.3, 0.4) is 0 Å². The lowest BCUT2D eigenvalue weighted by Crippen LogP contribution is -2.36. The Morgan fingerprint density at radius 3 is 1.24 bits per heavy atom. The zero-order valence-electron chi connectivity index (χ0n) is 12.5. The molecule has 21 heavy (non-hydrogen) atoms. The van der Waals surface area contributed by atoms with Crippen LogP contribution < -0.4 is 8.85 Å². The van der Waals surface area contributed by atoms with Crippen LogP contribution in [-0.4, -0.2) is 5.80 Å². The molecule has 2 rings (SSSR count). The van der Waals surface area contributed by atoms with Gasteiger partial charge < -0.3 is 8.85 Å². The molecule has 112 valence electrons. The van der Waals surface area contributed by atoms with Crippen LogP contribution >= 0.6 is 30.6 Å². The molecule has 2 aromatic carbocycles. The van der Waals surface area contributed by atoms with Gasteiger partial charge in [-0.25, -0.2) is 0 Å². The van der Waals surface area contributed by atoms with Gasteiger partial charge in [-0.15, -0.1) is 0 Å². The largest absolute Gasteiger partial charge is 0.615 e. The number of para-hydroxylation sites is 2. The Balaban J connectivity index is 2.27. The Morgan fingerprint density at radius 1 is 0.667 bits per heavy atom. The predicted octanol–water partition coefficient (Wildman–Crippen LogP) is 5.60. The molecule has 0 N–H and O–H groups in total. The fraction of sp³-hybridized carbons (Fsp3) is 0.250. The number of hydrogen-bond donors (Lipinski definition) is 0. The summed E-state index contributed by atoms with van der Waals surface area (Å²) in [7, 11) is 0. The number of halogens is 2. The monoisotopic (exact) mass is 428 g/mol. The number of benzene rings is 2. The van der Waals surface area contributed by atoms with Crippen molar-refractivity contribution in [3.05, 3.63) is 58.7 Å². The highest BCUT2D eigenvalue weighted by Gasteiger charge is 2.38. The standard InChI is InChI=1S/C16H18Br2O2Si/c1-11-7-5-8-12(2)15(11)19-21(17,18)20-16-13(3)9-6-10-14(16)4/h5-10H,1-4H3. The minimum absolute atomic E-state index is 0.865. The molecule has 2 nitrogen and oxygen atoms in total. The van der Waals surface area contributed by atoms with Gasteiger partial charge in [-0.05, 0) is 80.5 Å². The van der Waals surface area contributed by atoms with E-state index < -0.39 is 5.80 Å². The molecule has 0 radical (unpaired) electrons. The SMILES string of the molecule is Cc1cccc(C)c1O[Si](Br)(Br)Oc1c(C)cccc1C. The van der Waals surface area contributed by atoms with Gasteiger partial charge in [-0.2, -0.15) is 0 Å². The lowest BCUT2D eigenvalue weighted by molar-refractivity contribution is 0.437. The first-order chi connectivity index (χ1) is 9.80. The van der Waals surface area contributed by atoms with Gasteiger partial charge in [0, 0.05) is 0 Å². The average molecular weight is 430 g/mol. The van der Waals surface area contributed by atoms with E-state index in [2.05, 4.69) is 30.6 Å². The van der Waals surface area contributed by atoms with E-state index in [1.165, 1.54) is 0 Å². The lowest BCUT2D eigenvalue weighted by atomic mass is 10.1. The molecule has 0 saturated carbocycles. The van der Waals surface area contributed by atoms with Crippen molar-refractivity contribution < 1.29 is 8.85 Å². The highest BCUT2D eigenvalue weighted by molar-refractivity contribution is 9.50. The molecule has 0 aromatic heterocycles. The molecular weight excluding hydrogens is 412 g/mol. The van der Waals surface area contributed by atoms with Crippen molar-refractivity contribution in [2.24, 2.45) is 0 Å². The van der Waals surface area contributed by atoms with Gasteiger partial charge in [0.05, 0.1) is 0 Å². The van der Waals surface area contributed by atoms with Crippen LogP contribution in [0.25, 0.3) is 0 Å². The zero-order valence-corrected chi connectivity index (χ0v) is 16.7. The summed E-state index contributed by atoms with van der Waals surface area (Å²) >= 11 is 7.21. The topological polar surface area (TPSA) is 18.5 Å². The first kappa shape index (κ1) is 16.6. The van der Waals surface area contributed by atoms with Crippen LogP contribution in [0.1, 0.15) is 22.3 Å². The molecule has 2 aromatic rings. The van der Waals surface area contributed by atoms with Gasteiger partial charge in [0.1, 0.15) is 11.5 Å². The van der Waals surface area contributed by atoms with E-state index in [0.717, 1.165) is 33.8 Å². The smallest absolute Gasteiger partial charge is 0.496 e. The summed E-state index contributed by atoms with van der Waals surface area (Å²) in [5.41, 5.74) is 4.37. The van der Waals surface area contributed by atoms with Crippen LogP contribution in [0.4, 0.5) is 0 Å². The summed E-state index contributed by atoms with van der Waals surface area (Å²) < 4.78 is 12.3. The molecule has 0 spiro atoms. The lowest BCUT2D eigenvalue weighted by Gasteiger charge is -2.24. The number of hydrogen-bond acceptors (Lipinski definition) is 2. The second-order valence-corrected chi connectivity index (χ2v) is 15.9. The van der Waals surface area contributed by atoms with E-state index in [0.29, 0.717) is 0 Å². The maximum Gasteiger partial charge on any atom is 0.615 e. The molecule has 0 bridgehead atoms.